The summed E-state index contributed by atoms with van der Waals surface area (Å²) < 4.78 is 6.66. The zero-order chi connectivity index (χ0) is 13.8. The van der Waals surface area contributed by atoms with Gasteiger partial charge in [0.05, 0.1) is 7.11 Å². The molecule has 0 spiro atoms. The number of carbonyl (C=O) groups is 1. The van der Waals surface area contributed by atoms with E-state index < -0.39 is 5.54 Å². The molecular weight excluding hydrogens is 232 g/mol. The molecule has 1 aromatic rings. The lowest BCUT2D eigenvalue weighted by molar-refractivity contribution is -0.148. The number of esters is 1. The number of nitrogens with zero attached hydrogens (tertiary/aromatic N) is 3. The van der Waals surface area contributed by atoms with Crippen molar-refractivity contribution in [3.8, 4) is 0 Å². The van der Waals surface area contributed by atoms with E-state index in [2.05, 4.69) is 15.4 Å². The molecule has 0 aromatic carbocycles. The molecule has 0 saturated carbocycles. The van der Waals surface area contributed by atoms with Crippen molar-refractivity contribution in [1.29, 1.82) is 0 Å². The minimum atomic E-state index is -0.641. The van der Waals surface area contributed by atoms with E-state index in [-0.39, 0.29) is 5.97 Å². The Morgan fingerprint density at radius 3 is 2.61 bits per heavy atom. The highest BCUT2D eigenvalue weighted by atomic mass is 16.5. The van der Waals surface area contributed by atoms with Gasteiger partial charge in [0.25, 0.3) is 0 Å². The number of methoxy groups -OCH3 is 1. The zero-order valence-electron chi connectivity index (χ0n) is 11.8. The Kier molecular flexibility index (Phi) is 4.84. The summed E-state index contributed by atoms with van der Waals surface area (Å²) in [5.74, 6) is 1.44. The molecule has 0 aliphatic heterocycles. The van der Waals surface area contributed by atoms with E-state index in [0.29, 0.717) is 6.42 Å². The maximum atomic E-state index is 11.7. The van der Waals surface area contributed by atoms with Gasteiger partial charge < -0.3 is 10.1 Å². The maximum Gasteiger partial charge on any atom is 0.325 e. The molecule has 0 saturated heterocycles. The van der Waals surface area contributed by atoms with Crippen molar-refractivity contribution < 1.29 is 9.53 Å². The number of hydrogen-bond acceptors (Lipinski definition) is 5. The van der Waals surface area contributed by atoms with Crippen LogP contribution in [0, 0.1) is 13.8 Å². The first-order valence-corrected chi connectivity index (χ1v) is 6.08. The fourth-order valence-corrected chi connectivity index (χ4v) is 1.91. The molecule has 0 aliphatic rings. The number of aromatic nitrogens is 3. The molecule has 1 atom stereocenters. The predicted octanol–water partition coefficient (Wildman–Crippen LogP) is 0.826. The fourth-order valence-electron chi connectivity index (χ4n) is 1.91. The third-order valence-electron chi connectivity index (χ3n) is 3.20. The van der Waals surface area contributed by atoms with Gasteiger partial charge in [-0.3, -0.25) is 9.48 Å². The number of nitrogens with one attached hydrogen (secondary N) is 1. The van der Waals surface area contributed by atoms with Crippen molar-refractivity contribution in [2.24, 2.45) is 0 Å². The molecule has 1 N–H and O–H groups in total. The van der Waals surface area contributed by atoms with Gasteiger partial charge in [0.1, 0.15) is 17.2 Å². The van der Waals surface area contributed by atoms with E-state index >= 15 is 0 Å². The van der Waals surface area contributed by atoms with Gasteiger partial charge in [-0.05, 0) is 40.7 Å². The number of rotatable bonds is 6. The summed E-state index contributed by atoms with van der Waals surface area (Å²) >= 11 is 0. The summed E-state index contributed by atoms with van der Waals surface area (Å²) in [6, 6.07) is 0. The molecule has 0 fully saturated rings. The smallest absolute Gasteiger partial charge is 0.325 e. The predicted molar refractivity (Wildman–Crippen MR) is 68.2 cm³/mol. The van der Waals surface area contributed by atoms with Crippen LogP contribution >= 0.6 is 0 Å². The van der Waals surface area contributed by atoms with Crippen LogP contribution < -0.4 is 5.32 Å². The number of ether oxygens (including phenoxy) is 1. The summed E-state index contributed by atoms with van der Waals surface area (Å²) in [4.78, 5) is 15.9. The lowest BCUT2D eigenvalue weighted by Gasteiger charge is -2.25. The van der Waals surface area contributed by atoms with Crippen molar-refractivity contribution in [2.75, 3.05) is 14.2 Å². The minimum absolute atomic E-state index is 0.239. The summed E-state index contributed by atoms with van der Waals surface area (Å²) in [5.41, 5.74) is -0.641. The summed E-state index contributed by atoms with van der Waals surface area (Å²) in [7, 11) is 3.17. The van der Waals surface area contributed by atoms with E-state index in [4.69, 9.17) is 4.74 Å². The average Bonchev–Trinajstić information content (AvgIpc) is 2.66. The third kappa shape index (κ3) is 3.29. The molecule has 1 rings (SSSR count). The molecule has 0 amide bonds. The molecule has 102 valence electrons. The van der Waals surface area contributed by atoms with Gasteiger partial charge in [0.2, 0.25) is 0 Å². The van der Waals surface area contributed by atoms with E-state index in [0.717, 1.165) is 24.6 Å². The summed E-state index contributed by atoms with van der Waals surface area (Å²) in [5, 5.41) is 7.30. The van der Waals surface area contributed by atoms with Gasteiger partial charge in [0.15, 0.2) is 0 Å². The van der Waals surface area contributed by atoms with E-state index in [9.17, 15) is 4.79 Å². The van der Waals surface area contributed by atoms with Crippen molar-refractivity contribution in [3.63, 3.8) is 0 Å². The van der Waals surface area contributed by atoms with Crippen LogP contribution in [0.2, 0.25) is 0 Å². The number of likely N-dealkylation sites (N-methyl/N-ethyl adjacent to an activating group) is 1. The Morgan fingerprint density at radius 2 is 2.17 bits per heavy atom. The van der Waals surface area contributed by atoms with Gasteiger partial charge in [-0.25, -0.2) is 4.98 Å². The molecule has 0 bridgehead atoms. The minimum Gasteiger partial charge on any atom is -0.468 e. The standard InChI is InChI=1S/C12H22N4O2/c1-9-14-10(2)16(15-9)8-6-7-12(3,13-4)11(17)18-5/h13H,6-8H2,1-5H3. The second-order valence-electron chi connectivity index (χ2n) is 4.61. The van der Waals surface area contributed by atoms with Crippen LogP contribution in [0.4, 0.5) is 0 Å². The second kappa shape index (κ2) is 5.95. The Balaban J connectivity index is 2.54. The van der Waals surface area contributed by atoms with Gasteiger partial charge >= 0.3 is 5.97 Å². The summed E-state index contributed by atoms with van der Waals surface area (Å²) in [6.45, 7) is 6.40. The Bertz CT molecular complexity index is 416. The number of carbonyl (C=O) groups excluding carboxylic acids is 1. The highest BCUT2D eigenvalue weighted by Crippen LogP contribution is 2.14. The van der Waals surface area contributed by atoms with Gasteiger partial charge in [-0.2, -0.15) is 5.10 Å². The largest absolute Gasteiger partial charge is 0.468 e. The topological polar surface area (TPSA) is 69.0 Å². The van der Waals surface area contributed by atoms with Crippen LogP contribution in [0.1, 0.15) is 31.4 Å². The van der Waals surface area contributed by atoms with Crippen molar-refractivity contribution in [2.45, 2.75) is 45.7 Å². The quantitative estimate of drug-likeness (QED) is 0.761. The van der Waals surface area contributed by atoms with Crippen molar-refractivity contribution >= 4 is 5.97 Å². The second-order valence-corrected chi connectivity index (χ2v) is 4.61. The van der Waals surface area contributed by atoms with Crippen molar-refractivity contribution in [3.05, 3.63) is 11.6 Å². The van der Waals surface area contributed by atoms with Crippen LogP contribution in [-0.4, -0.2) is 40.4 Å². The molecule has 1 unspecified atom stereocenters. The highest BCUT2D eigenvalue weighted by molar-refractivity contribution is 5.80. The van der Waals surface area contributed by atoms with Crippen LogP contribution in [-0.2, 0) is 16.1 Å². The lowest BCUT2D eigenvalue weighted by atomic mass is 9.96. The molecular formula is C12H22N4O2. The fraction of sp³-hybridized carbons (Fsp3) is 0.750. The van der Waals surface area contributed by atoms with Crippen LogP contribution in [0.3, 0.4) is 0 Å². The molecule has 18 heavy (non-hydrogen) atoms. The number of hydrogen-bond donors (Lipinski definition) is 1. The molecule has 1 aromatic heterocycles. The first kappa shape index (κ1) is 14.6. The van der Waals surface area contributed by atoms with Crippen molar-refractivity contribution in [1.82, 2.24) is 20.1 Å². The number of aryl methyl sites for hydroxylation is 3. The van der Waals surface area contributed by atoms with E-state index in [1.165, 1.54) is 7.11 Å². The van der Waals surface area contributed by atoms with E-state index in [1.54, 1.807) is 7.05 Å². The lowest BCUT2D eigenvalue weighted by Crippen LogP contribution is -2.48. The SMILES string of the molecule is CNC(C)(CCCn1nc(C)nc1C)C(=O)OC. The molecule has 0 radical (unpaired) electrons. The molecule has 1 heterocycles. The highest BCUT2D eigenvalue weighted by Gasteiger charge is 2.31. The Morgan fingerprint density at radius 1 is 1.50 bits per heavy atom. The van der Waals surface area contributed by atoms with E-state index in [1.807, 2.05) is 25.5 Å². The molecule has 0 aliphatic carbocycles. The first-order chi connectivity index (χ1) is 8.42. The maximum absolute atomic E-state index is 11.7. The Hall–Kier alpha value is -1.43. The van der Waals surface area contributed by atoms with Gasteiger partial charge in [-0.15, -0.1) is 0 Å². The average molecular weight is 254 g/mol. The van der Waals surface area contributed by atoms with Crippen LogP contribution in [0.25, 0.3) is 0 Å². The third-order valence-corrected chi connectivity index (χ3v) is 3.20. The van der Waals surface area contributed by atoms with Gasteiger partial charge in [0, 0.05) is 6.54 Å². The van der Waals surface area contributed by atoms with Gasteiger partial charge in [-0.1, -0.05) is 0 Å². The van der Waals surface area contributed by atoms with Crippen LogP contribution in [0.5, 0.6) is 0 Å². The normalized spacial score (nSPS) is 14.3. The Labute approximate surface area is 108 Å². The molecule has 6 heteroatoms. The molecule has 6 nitrogen and oxygen atoms in total. The van der Waals surface area contributed by atoms with Crippen LogP contribution in [0.15, 0.2) is 0 Å². The summed E-state index contributed by atoms with van der Waals surface area (Å²) in [6.07, 6.45) is 1.52. The monoisotopic (exact) mass is 254 g/mol. The first-order valence-electron chi connectivity index (χ1n) is 6.08. The zero-order valence-corrected chi connectivity index (χ0v) is 11.8.